The number of nitrogens with zero attached hydrogens (tertiary/aromatic N) is 4. The fourth-order valence-electron chi connectivity index (χ4n) is 5.08. The van der Waals surface area contributed by atoms with E-state index in [1.807, 2.05) is 53.7 Å². The summed E-state index contributed by atoms with van der Waals surface area (Å²) < 4.78 is 8.24. The first kappa shape index (κ1) is 24.1. The van der Waals surface area contributed by atoms with Crippen LogP contribution in [0.1, 0.15) is 41.6 Å². The highest BCUT2D eigenvalue weighted by atomic mass is 16.5. The van der Waals surface area contributed by atoms with E-state index in [2.05, 4.69) is 53.5 Å². The fraction of sp³-hybridized carbons (Fsp3) is 0.333. The lowest BCUT2D eigenvalue weighted by Crippen LogP contribution is -2.48. The Balaban J connectivity index is 1.44. The Morgan fingerprint density at radius 1 is 0.972 bits per heavy atom. The van der Waals surface area contributed by atoms with Crippen molar-refractivity contribution in [2.24, 2.45) is 0 Å². The highest BCUT2D eigenvalue weighted by molar-refractivity contribution is 5.78. The fourth-order valence-corrected chi connectivity index (χ4v) is 5.08. The predicted octanol–water partition coefficient (Wildman–Crippen LogP) is 4.91. The average molecular weight is 483 g/mol. The third-order valence-corrected chi connectivity index (χ3v) is 7.24. The van der Waals surface area contributed by atoms with Crippen LogP contribution in [0.25, 0.3) is 5.65 Å². The van der Waals surface area contributed by atoms with E-state index >= 15 is 0 Å². The Bertz CT molecular complexity index is 1310. The van der Waals surface area contributed by atoms with Gasteiger partial charge in [-0.05, 0) is 42.3 Å². The summed E-state index contributed by atoms with van der Waals surface area (Å²) >= 11 is 0. The van der Waals surface area contributed by atoms with Crippen LogP contribution in [0, 0.1) is 6.92 Å². The zero-order valence-electron chi connectivity index (χ0n) is 21.1. The largest absolute Gasteiger partial charge is 0.485 e. The second-order valence-corrected chi connectivity index (χ2v) is 9.45. The van der Waals surface area contributed by atoms with Gasteiger partial charge >= 0.3 is 0 Å². The molecule has 186 valence electrons. The summed E-state index contributed by atoms with van der Waals surface area (Å²) in [6.07, 6.45) is 4.34. The maximum absolute atomic E-state index is 13.5. The van der Waals surface area contributed by atoms with Gasteiger partial charge in [-0.3, -0.25) is 4.79 Å². The topological polar surface area (TPSA) is 50.1 Å². The molecule has 0 bridgehead atoms. The van der Waals surface area contributed by atoms with E-state index < -0.39 is 0 Å². The second-order valence-electron chi connectivity index (χ2n) is 9.45. The van der Waals surface area contributed by atoms with Crippen LogP contribution in [0.4, 0.5) is 0 Å². The third-order valence-electron chi connectivity index (χ3n) is 7.24. The number of hydrogen-bond donors (Lipinski definition) is 0. The van der Waals surface area contributed by atoms with Gasteiger partial charge in [0.25, 0.3) is 0 Å². The number of rotatable bonds is 8. The molecule has 6 nitrogen and oxygen atoms in total. The van der Waals surface area contributed by atoms with E-state index in [-0.39, 0.29) is 11.8 Å². The molecule has 0 N–H and O–H groups in total. The summed E-state index contributed by atoms with van der Waals surface area (Å²) in [5.41, 5.74) is 5.22. The van der Waals surface area contributed by atoms with E-state index in [4.69, 9.17) is 9.72 Å². The molecule has 4 aromatic rings. The van der Waals surface area contributed by atoms with E-state index in [9.17, 15) is 4.79 Å². The molecule has 1 fully saturated rings. The van der Waals surface area contributed by atoms with Crippen molar-refractivity contribution in [1.82, 2.24) is 19.2 Å². The number of pyridine rings is 1. The van der Waals surface area contributed by atoms with Crippen LogP contribution in [-0.4, -0.2) is 57.8 Å². The van der Waals surface area contributed by atoms with Gasteiger partial charge in [0.15, 0.2) is 11.4 Å². The van der Waals surface area contributed by atoms with Crippen molar-refractivity contribution >= 4 is 11.6 Å². The molecular weight excluding hydrogens is 448 g/mol. The molecule has 0 saturated carbocycles. The summed E-state index contributed by atoms with van der Waals surface area (Å²) in [5.74, 6) is 0.839. The minimum atomic E-state index is -0.0951. The van der Waals surface area contributed by atoms with Crippen LogP contribution < -0.4 is 4.74 Å². The van der Waals surface area contributed by atoms with E-state index in [1.54, 1.807) is 0 Å². The molecule has 0 spiro atoms. The number of imidazole rings is 1. The van der Waals surface area contributed by atoms with Crippen molar-refractivity contribution in [1.29, 1.82) is 0 Å². The van der Waals surface area contributed by atoms with Crippen LogP contribution in [-0.2, 0) is 11.4 Å². The zero-order chi connectivity index (χ0) is 24.9. The number of amides is 1. The average Bonchev–Trinajstić information content (AvgIpc) is 3.36. The molecule has 1 amide bonds. The highest BCUT2D eigenvalue weighted by Crippen LogP contribution is 2.33. The lowest BCUT2D eigenvalue weighted by atomic mass is 9.89. The van der Waals surface area contributed by atoms with E-state index in [1.165, 1.54) is 5.56 Å². The van der Waals surface area contributed by atoms with Gasteiger partial charge in [0.1, 0.15) is 6.61 Å². The Labute approximate surface area is 213 Å². The van der Waals surface area contributed by atoms with Crippen molar-refractivity contribution in [3.8, 4) is 5.75 Å². The second kappa shape index (κ2) is 11.0. The highest BCUT2D eigenvalue weighted by Gasteiger charge is 2.28. The Hall–Kier alpha value is -3.64. The third kappa shape index (κ3) is 5.14. The number of carbonyl (C=O) groups is 1. The van der Waals surface area contributed by atoms with Crippen LogP contribution in [0.15, 0.2) is 79.1 Å². The number of aromatic nitrogens is 2. The van der Waals surface area contributed by atoms with Crippen LogP contribution in [0.3, 0.4) is 0 Å². The molecule has 0 radical (unpaired) electrons. The van der Waals surface area contributed by atoms with E-state index in [0.29, 0.717) is 13.0 Å². The van der Waals surface area contributed by atoms with Crippen molar-refractivity contribution in [3.63, 3.8) is 0 Å². The van der Waals surface area contributed by atoms with Crippen molar-refractivity contribution in [3.05, 3.63) is 102 Å². The SMILES string of the molecule is CCN1CCN(C(=O)CC(c2ccccc2C)c2cnc3c(OCc4ccccc4)cccn23)CC1. The van der Waals surface area contributed by atoms with Crippen LogP contribution in [0.5, 0.6) is 5.75 Å². The maximum Gasteiger partial charge on any atom is 0.223 e. The molecule has 6 heteroatoms. The maximum atomic E-state index is 13.5. The normalized spacial score (nSPS) is 15.2. The van der Waals surface area contributed by atoms with Crippen molar-refractivity contribution in [2.45, 2.75) is 32.8 Å². The molecule has 1 saturated heterocycles. The van der Waals surface area contributed by atoms with Crippen LogP contribution >= 0.6 is 0 Å². The lowest BCUT2D eigenvalue weighted by Gasteiger charge is -2.35. The molecule has 1 aliphatic heterocycles. The molecule has 1 atom stereocenters. The van der Waals surface area contributed by atoms with Gasteiger partial charge in [-0.15, -0.1) is 0 Å². The summed E-state index contributed by atoms with van der Waals surface area (Å²) in [6.45, 7) is 9.26. The number of ether oxygens (including phenoxy) is 1. The number of fused-ring (bicyclic) bond motifs is 1. The first-order valence-corrected chi connectivity index (χ1v) is 12.8. The minimum Gasteiger partial charge on any atom is -0.485 e. The van der Waals surface area contributed by atoms with Crippen molar-refractivity contribution < 1.29 is 9.53 Å². The molecular formula is C30H34N4O2. The lowest BCUT2D eigenvalue weighted by molar-refractivity contribution is -0.133. The first-order chi connectivity index (χ1) is 17.6. The summed E-state index contributed by atoms with van der Waals surface area (Å²) in [4.78, 5) is 22.7. The van der Waals surface area contributed by atoms with Gasteiger partial charge < -0.3 is 18.9 Å². The molecule has 2 aromatic carbocycles. The number of hydrogen-bond acceptors (Lipinski definition) is 4. The number of piperazine rings is 1. The number of likely N-dealkylation sites (N-methyl/N-ethyl adjacent to an activating group) is 1. The molecule has 2 aromatic heterocycles. The monoisotopic (exact) mass is 482 g/mol. The quantitative estimate of drug-likeness (QED) is 0.358. The Kier molecular flexibility index (Phi) is 7.33. The minimum absolute atomic E-state index is 0.0951. The summed E-state index contributed by atoms with van der Waals surface area (Å²) in [7, 11) is 0. The van der Waals surface area contributed by atoms with Gasteiger partial charge in [0.05, 0.1) is 5.69 Å². The Morgan fingerprint density at radius 2 is 1.72 bits per heavy atom. The molecule has 1 unspecified atom stereocenters. The van der Waals surface area contributed by atoms with Gasteiger partial charge in [-0.1, -0.05) is 61.5 Å². The van der Waals surface area contributed by atoms with Gasteiger partial charge in [-0.2, -0.15) is 0 Å². The predicted molar refractivity (Wildman–Crippen MR) is 142 cm³/mol. The number of carbonyl (C=O) groups excluding carboxylic acids is 1. The number of aryl methyl sites for hydroxylation is 1. The molecule has 0 aliphatic carbocycles. The molecule has 3 heterocycles. The first-order valence-electron chi connectivity index (χ1n) is 12.8. The Morgan fingerprint density at radius 3 is 2.47 bits per heavy atom. The standard InChI is InChI=1S/C30H34N4O2/c1-3-32-16-18-33(19-17-32)29(35)20-26(25-13-8-7-10-23(25)2)27-21-31-30-28(14-9-15-34(27)30)36-22-24-11-5-4-6-12-24/h4-15,21,26H,3,16-20,22H2,1-2H3. The smallest absolute Gasteiger partial charge is 0.223 e. The molecule has 36 heavy (non-hydrogen) atoms. The number of benzene rings is 2. The van der Waals surface area contributed by atoms with Gasteiger partial charge in [0, 0.05) is 50.9 Å². The zero-order valence-corrected chi connectivity index (χ0v) is 21.1. The van der Waals surface area contributed by atoms with Crippen molar-refractivity contribution in [2.75, 3.05) is 32.7 Å². The van der Waals surface area contributed by atoms with Gasteiger partial charge in [0.2, 0.25) is 5.91 Å². The van der Waals surface area contributed by atoms with E-state index in [0.717, 1.165) is 60.9 Å². The summed E-state index contributed by atoms with van der Waals surface area (Å²) in [5, 5.41) is 0. The molecule has 1 aliphatic rings. The summed E-state index contributed by atoms with van der Waals surface area (Å²) in [6, 6.07) is 22.4. The molecule has 5 rings (SSSR count). The van der Waals surface area contributed by atoms with Crippen LogP contribution in [0.2, 0.25) is 0 Å². The van der Waals surface area contributed by atoms with Gasteiger partial charge in [-0.25, -0.2) is 4.98 Å².